The van der Waals surface area contributed by atoms with Crippen LogP contribution in [0.25, 0.3) is 0 Å². The molecule has 7 nitrogen and oxygen atoms in total. The summed E-state index contributed by atoms with van der Waals surface area (Å²) in [7, 11) is -4.19. The summed E-state index contributed by atoms with van der Waals surface area (Å²) in [4.78, 5) is 15.2. The van der Waals surface area contributed by atoms with Gasteiger partial charge >= 0.3 is 6.18 Å². The van der Waals surface area contributed by atoms with E-state index in [1.54, 1.807) is 0 Å². The van der Waals surface area contributed by atoms with Gasteiger partial charge in [0, 0.05) is 37.5 Å². The summed E-state index contributed by atoms with van der Waals surface area (Å²) in [6, 6.07) is 9.04. The van der Waals surface area contributed by atoms with Gasteiger partial charge < -0.3 is 10.1 Å². The molecule has 1 N–H and O–H groups in total. The second-order valence-electron chi connectivity index (χ2n) is 11.0. The lowest BCUT2D eigenvalue weighted by atomic mass is 9.98. The van der Waals surface area contributed by atoms with Crippen LogP contribution in [-0.4, -0.2) is 55.8 Å². The smallest absolute Gasteiger partial charge is 0.416 e. The molecule has 40 heavy (non-hydrogen) atoms. The number of carbonyl (C=O) groups is 1. The minimum atomic E-state index is -4.65. The lowest BCUT2D eigenvalue weighted by molar-refractivity contribution is -0.137. The first-order valence-corrected chi connectivity index (χ1v) is 15.5. The fourth-order valence-electron chi connectivity index (χ4n) is 6.00. The molecule has 3 aliphatic rings. The number of ether oxygens (including phenoxy) is 1. The summed E-state index contributed by atoms with van der Waals surface area (Å²) in [5.74, 6) is 0.473. The molecular weight excluding hydrogens is 543 g/mol. The van der Waals surface area contributed by atoms with Crippen LogP contribution in [0.2, 0.25) is 0 Å². The molecule has 2 fully saturated rings. The number of sulfonamides is 1. The topological polar surface area (TPSA) is 79.0 Å². The summed E-state index contributed by atoms with van der Waals surface area (Å²) >= 11 is 0. The van der Waals surface area contributed by atoms with Crippen molar-refractivity contribution >= 4 is 15.9 Å². The first kappa shape index (κ1) is 28.9. The molecule has 0 saturated carbocycles. The van der Waals surface area contributed by atoms with Gasteiger partial charge in [0.25, 0.3) is 0 Å². The number of carbonyl (C=O) groups excluding carboxylic acids is 1. The standard InChI is InChI=1S/C29H36F3N3O4S/c30-29(31,32)22-7-5-9-24(18-22)40(37,38)35-15-6-8-23(35)19-28(36)33-26-12-16-39-27-17-21(10-11-25(26)27)20-34-13-3-1-2-4-14-34/h5,7,9-11,17-18,23,26H,1-4,6,8,12-16,19-20H2,(H,33,36)/t23-,26+/m0/s1. The molecule has 0 aliphatic carbocycles. The van der Waals surface area contributed by atoms with E-state index >= 15 is 0 Å². The third kappa shape index (κ3) is 6.63. The van der Waals surface area contributed by atoms with Crippen molar-refractivity contribution in [1.29, 1.82) is 0 Å². The van der Waals surface area contributed by atoms with Gasteiger partial charge in [-0.25, -0.2) is 8.42 Å². The Balaban J connectivity index is 1.23. The largest absolute Gasteiger partial charge is 0.493 e. The number of rotatable bonds is 7. The van der Waals surface area contributed by atoms with E-state index in [1.165, 1.54) is 41.6 Å². The van der Waals surface area contributed by atoms with Crippen molar-refractivity contribution in [2.24, 2.45) is 0 Å². The van der Waals surface area contributed by atoms with Crippen LogP contribution in [0, 0.1) is 0 Å². The molecular formula is C29H36F3N3O4S. The number of fused-ring (bicyclic) bond motifs is 1. The number of likely N-dealkylation sites (tertiary alicyclic amines) is 1. The first-order chi connectivity index (χ1) is 19.1. The molecule has 3 heterocycles. The van der Waals surface area contributed by atoms with Gasteiger partial charge in [0.2, 0.25) is 15.9 Å². The Morgan fingerprint density at radius 2 is 1.75 bits per heavy atom. The van der Waals surface area contributed by atoms with Crippen LogP contribution in [0.5, 0.6) is 5.75 Å². The van der Waals surface area contributed by atoms with Crippen molar-refractivity contribution in [1.82, 2.24) is 14.5 Å². The van der Waals surface area contributed by atoms with E-state index in [0.717, 1.165) is 43.1 Å². The van der Waals surface area contributed by atoms with Gasteiger partial charge in [0.05, 0.1) is 23.1 Å². The van der Waals surface area contributed by atoms with E-state index in [2.05, 4.69) is 22.3 Å². The zero-order valence-corrected chi connectivity index (χ0v) is 23.3. The Labute approximate surface area is 233 Å². The lowest BCUT2D eigenvalue weighted by Crippen LogP contribution is -2.40. The van der Waals surface area contributed by atoms with Crippen molar-refractivity contribution in [3.63, 3.8) is 0 Å². The van der Waals surface area contributed by atoms with Crippen LogP contribution in [0.15, 0.2) is 47.4 Å². The molecule has 0 unspecified atom stereocenters. The maximum atomic E-state index is 13.3. The highest BCUT2D eigenvalue weighted by Crippen LogP contribution is 2.35. The van der Waals surface area contributed by atoms with E-state index in [9.17, 15) is 26.4 Å². The number of hydrogen-bond donors (Lipinski definition) is 1. The van der Waals surface area contributed by atoms with E-state index in [1.807, 2.05) is 6.07 Å². The molecule has 11 heteroatoms. The highest BCUT2D eigenvalue weighted by molar-refractivity contribution is 7.89. The zero-order chi connectivity index (χ0) is 28.3. The highest BCUT2D eigenvalue weighted by Gasteiger charge is 2.38. The molecule has 218 valence electrons. The van der Waals surface area contributed by atoms with Crippen LogP contribution in [0.1, 0.15) is 74.1 Å². The first-order valence-electron chi connectivity index (χ1n) is 14.1. The predicted octanol–water partition coefficient (Wildman–Crippen LogP) is 5.26. The predicted molar refractivity (Wildman–Crippen MR) is 144 cm³/mol. The van der Waals surface area contributed by atoms with E-state index < -0.39 is 32.7 Å². The molecule has 1 amide bonds. The summed E-state index contributed by atoms with van der Waals surface area (Å²) in [5.41, 5.74) is 1.06. The maximum absolute atomic E-state index is 13.3. The number of hydrogen-bond acceptors (Lipinski definition) is 5. The number of nitrogens with zero attached hydrogens (tertiary/aromatic N) is 2. The quantitative estimate of drug-likeness (QED) is 0.484. The number of halogens is 3. The summed E-state index contributed by atoms with van der Waals surface area (Å²) in [6.45, 7) is 3.68. The van der Waals surface area contributed by atoms with Crippen molar-refractivity contribution in [2.75, 3.05) is 26.2 Å². The third-order valence-electron chi connectivity index (χ3n) is 8.07. The average Bonchev–Trinajstić information content (AvgIpc) is 3.24. The number of nitrogens with one attached hydrogen (secondary N) is 1. The Morgan fingerprint density at radius 3 is 2.50 bits per heavy atom. The number of benzene rings is 2. The molecule has 2 aromatic rings. The van der Waals surface area contributed by atoms with Crippen LogP contribution in [0.4, 0.5) is 13.2 Å². The fourth-order valence-corrected chi connectivity index (χ4v) is 7.74. The van der Waals surface area contributed by atoms with Crippen molar-refractivity contribution in [2.45, 2.75) is 81.1 Å². The number of amides is 1. The SMILES string of the molecule is O=C(C[C@@H]1CCCN1S(=O)(=O)c1cccc(C(F)(F)F)c1)N[C@@H]1CCOc2cc(CN3CCCCCC3)ccc21. The molecule has 2 saturated heterocycles. The Bertz CT molecular complexity index is 1310. The summed E-state index contributed by atoms with van der Waals surface area (Å²) in [5, 5.41) is 3.05. The van der Waals surface area contributed by atoms with Gasteiger partial charge in [-0.2, -0.15) is 17.5 Å². The molecule has 0 radical (unpaired) electrons. The molecule has 0 aromatic heterocycles. The zero-order valence-electron chi connectivity index (χ0n) is 22.5. The molecule has 5 rings (SSSR count). The highest BCUT2D eigenvalue weighted by atomic mass is 32.2. The van der Waals surface area contributed by atoms with Gasteiger partial charge in [-0.15, -0.1) is 0 Å². The Morgan fingerprint density at radius 1 is 0.975 bits per heavy atom. The summed E-state index contributed by atoms with van der Waals surface area (Å²) < 4.78 is 73.2. The van der Waals surface area contributed by atoms with Crippen LogP contribution in [-0.2, 0) is 27.5 Å². The Hall–Kier alpha value is -2.63. The Kier molecular flexibility index (Phi) is 8.72. The molecule has 0 spiro atoms. The van der Waals surface area contributed by atoms with E-state index in [0.29, 0.717) is 31.9 Å². The van der Waals surface area contributed by atoms with Crippen molar-refractivity contribution < 1.29 is 31.1 Å². The summed E-state index contributed by atoms with van der Waals surface area (Å²) in [6.07, 6.45) is 1.89. The minimum absolute atomic E-state index is 0.0576. The lowest BCUT2D eigenvalue weighted by Gasteiger charge is -2.29. The second kappa shape index (κ2) is 12.1. The van der Waals surface area contributed by atoms with Gasteiger partial charge in [0.1, 0.15) is 5.75 Å². The fraction of sp³-hybridized carbons (Fsp3) is 0.552. The monoisotopic (exact) mass is 579 g/mol. The molecule has 2 atom stereocenters. The van der Waals surface area contributed by atoms with E-state index in [4.69, 9.17) is 4.74 Å². The second-order valence-corrected chi connectivity index (χ2v) is 12.9. The third-order valence-corrected chi connectivity index (χ3v) is 10.0. The van der Waals surface area contributed by atoms with Crippen molar-refractivity contribution in [3.05, 3.63) is 59.2 Å². The van der Waals surface area contributed by atoms with Crippen LogP contribution >= 0.6 is 0 Å². The number of alkyl halides is 3. The van der Waals surface area contributed by atoms with Gasteiger partial charge in [-0.1, -0.05) is 31.0 Å². The molecule has 3 aliphatic heterocycles. The van der Waals surface area contributed by atoms with E-state index in [-0.39, 0.29) is 24.9 Å². The van der Waals surface area contributed by atoms with Gasteiger partial charge in [-0.05, 0) is 68.6 Å². The van der Waals surface area contributed by atoms with Crippen molar-refractivity contribution in [3.8, 4) is 5.75 Å². The van der Waals surface area contributed by atoms with Crippen LogP contribution in [0.3, 0.4) is 0 Å². The average molecular weight is 580 g/mol. The van der Waals surface area contributed by atoms with Gasteiger partial charge in [-0.3, -0.25) is 9.69 Å². The van der Waals surface area contributed by atoms with Crippen LogP contribution < -0.4 is 10.1 Å². The molecule has 0 bridgehead atoms. The maximum Gasteiger partial charge on any atom is 0.416 e. The minimum Gasteiger partial charge on any atom is -0.493 e. The molecule has 2 aromatic carbocycles. The van der Waals surface area contributed by atoms with Gasteiger partial charge in [0.15, 0.2) is 0 Å². The normalized spacial score (nSPS) is 22.8.